The number of imide groups is 1. The number of hydrogen-bond donors (Lipinski definition) is 2. The lowest BCUT2D eigenvalue weighted by atomic mass is 9.93. The molecule has 0 bridgehead atoms. The minimum absolute atomic E-state index is 0.0741. The minimum Gasteiger partial charge on any atom is -0.354 e. The predicted octanol–water partition coefficient (Wildman–Crippen LogP) is 1.08. The van der Waals surface area contributed by atoms with E-state index in [-0.39, 0.29) is 24.3 Å². The third kappa shape index (κ3) is 3.26. The summed E-state index contributed by atoms with van der Waals surface area (Å²) in [5, 5.41) is 10.7. The standard InChI is InChI=1S/C18H20N4O3/c23-15-8-7-13(18(25)20-15)17-12-3-1-2-4-14(12)22(21-17)10-16(24)19-9-11-5-6-11/h1-4,11,13H,5-10H2,(H,19,24)(H,20,23,25). The van der Waals surface area contributed by atoms with Crippen molar-refractivity contribution in [3.05, 3.63) is 30.0 Å². The maximum atomic E-state index is 12.2. The van der Waals surface area contributed by atoms with Gasteiger partial charge in [0, 0.05) is 18.4 Å². The number of para-hydroxylation sites is 1. The topological polar surface area (TPSA) is 93.1 Å². The number of fused-ring (bicyclic) bond motifs is 1. The number of nitrogens with one attached hydrogen (secondary N) is 2. The first-order valence-corrected chi connectivity index (χ1v) is 8.67. The van der Waals surface area contributed by atoms with E-state index in [0.29, 0.717) is 24.5 Å². The molecule has 4 rings (SSSR count). The second-order valence-electron chi connectivity index (χ2n) is 6.81. The molecule has 1 aromatic heterocycles. The number of carbonyl (C=O) groups excluding carboxylic acids is 3. The number of hydrogen-bond acceptors (Lipinski definition) is 4. The molecule has 7 nitrogen and oxygen atoms in total. The third-order valence-corrected chi connectivity index (χ3v) is 4.83. The number of rotatable bonds is 5. The van der Waals surface area contributed by atoms with E-state index in [1.54, 1.807) is 4.68 Å². The first-order chi connectivity index (χ1) is 12.1. The highest BCUT2D eigenvalue weighted by molar-refractivity contribution is 6.02. The highest BCUT2D eigenvalue weighted by Gasteiger charge is 2.32. The summed E-state index contributed by atoms with van der Waals surface area (Å²) in [7, 11) is 0. The quantitative estimate of drug-likeness (QED) is 0.797. The number of aromatic nitrogens is 2. The first kappa shape index (κ1) is 15.8. The average Bonchev–Trinajstić information content (AvgIpc) is 3.36. The zero-order chi connectivity index (χ0) is 17.4. The molecule has 1 aliphatic heterocycles. The van der Waals surface area contributed by atoms with Crippen LogP contribution in [-0.4, -0.2) is 34.0 Å². The largest absolute Gasteiger partial charge is 0.354 e. The van der Waals surface area contributed by atoms with Gasteiger partial charge in [0.25, 0.3) is 0 Å². The van der Waals surface area contributed by atoms with Crippen molar-refractivity contribution in [1.82, 2.24) is 20.4 Å². The van der Waals surface area contributed by atoms with Crippen LogP contribution in [0.4, 0.5) is 0 Å². The van der Waals surface area contributed by atoms with Crippen LogP contribution in [0.2, 0.25) is 0 Å². The van der Waals surface area contributed by atoms with Crippen molar-refractivity contribution in [2.45, 2.75) is 38.1 Å². The molecule has 0 spiro atoms. The Balaban J connectivity index is 1.60. The molecular weight excluding hydrogens is 320 g/mol. The van der Waals surface area contributed by atoms with E-state index in [1.807, 2.05) is 24.3 Å². The van der Waals surface area contributed by atoms with Gasteiger partial charge < -0.3 is 5.32 Å². The smallest absolute Gasteiger partial charge is 0.241 e. The number of amides is 3. The van der Waals surface area contributed by atoms with Gasteiger partial charge in [0.1, 0.15) is 6.54 Å². The number of carbonyl (C=O) groups is 3. The second-order valence-corrected chi connectivity index (χ2v) is 6.81. The summed E-state index contributed by atoms with van der Waals surface area (Å²) in [5.41, 5.74) is 1.46. The van der Waals surface area contributed by atoms with Crippen LogP contribution >= 0.6 is 0 Å². The fourth-order valence-electron chi connectivity index (χ4n) is 3.26. The van der Waals surface area contributed by atoms with Gasteiger partial charge in [-0.25, -0.2) is 0 Å². The molecule has 2 aromatic rings. The van der Waals surface area contributed by atoms with E-state index < -0.39 is 5.92 Å². The summed E-state index contributed by atoms with van der Waals surface area (Å²) in [5.74, 6) is -0.472. The Bertz CT molecular complexity index is 853. The monoisotopic (exact) mass is 340 g/mol. The van der Waals surface area contributed by atoms with Crippen molar-refractivity contribution in [3.8, 4) is 0 Å². The Morgan fingerprint density at radius 1 is 1.24 bits per heavy atom. The van der Waals surface area contributed by atoms with E-state index in [2.05, 4.69) is 15.7 Å². The van der Waals surface area contributed by atoms with E-state index in [4.69, 9.17) is 0 Å². The molecule has 3 amide bonds. The SMILES string of the molecule is O=C(Cn1nc(C2CCC(=O)NC2=O)c2ccccc21)NCC1CC1. The second kappa shape index (κ2) is 6.31. The van der Waals surface area contributed by atoms with Crippen molar-refractivity contribution in [1.29, 1.82) is 0 Å². The molecule has 1 aromatic carbocycles. The highest BCUT2D eigenvalue weighted by Crippen LogP contribution is 2.30. The maximum absolute atomic E-state index is 12.2. The van der Waals surface area contributed by atoms with Gasteiger partial charge in [-0.1, -0.05) is 18.2 Å². The summed E-state index contributed by atoms with van der Waals surface area (Å²) in [6.45, 7) is 0.846. The Morgan fingerprint density at radius 2 is 2.04 bits per heavy atom. The van der Waals surface area contributed by atoms with E-state index in [9.17, 15) is 14.4 Å². The van der Waals surface area contributed by atoms with Crippen LogP contribution in [0.1, 0.15) is 37.3 Å². The maximum Gasteiger partial charge on any atom is 0.241 e. The van der Waals surface area contributed by atoms with Gasteiger partial charge in [-0.05, 0) is 31.2 Å². The van der Waals surface area contributed by atoms with Gasteiger partial charge in [0.2, 0.25) is 17.7 Å². The van der Waals surface area contributed by atoms with E-state index in [1.165, 1.54) is 12.8 Å². The Hall–Kier alpha value is -2.70. The van der Waals surface area contributed by atoms with Crippen LogP contribution in [0.3, 0.4) is 0 Å². The molecule has 2 N–H and O–H groups in total. The number of piperidine rings is 1. The average molecular weight is 340 g/mol. The normalized spacial score (nSPS) is 20.6. The summed E-state index contributed by atoms with van der Waals surface area (Å²) >= 11 is 0. The van der Waals surface area contributed by atoms with E-state index >= 15 is 0 Å². The lowest BCUT2D eigenvalue weighted by Crippen LogP contribution is -2.39. The number of nitrogens with zero attached hydrogens (tertiary/aromatic N) is 2. The van der Waals surface area contributed by atoms with Gasteiger partial charge in [0.15, 0.2) is 0 Å². The minimum atomic E-state index is -0.460. The van der Waals surface area contributed by atoms with Gasteiger partial charge in [-0.3, -0.25) is 24.4 Å². The molecular formula is C18H20N4O3. The first-order valence-electron chi connectivity index (χ1n) is 8.67. The van der Waals surface area contributed by atoms with Crippen molar-refractivity contribution >= 4 is 28.6 Å². The van der Waals surface area contributed by atoms with Crippen molar-refractivity contribution in [2.75, 3.05) is 6.54 Å². The van der Waals surface area contributed by atoms with Crippen LogP contribution in [0, 0.1) is 5.92 Å². The summed E-state index contributed by atoms with van der Waals surface area (Å²) in [6, 6.07) is 7.57. The highest BCUT2D eigenvalue weighted by atomic mass is 16.2. The molecule has 1 saturated carbocycles. The van der Waals surface area contributed by atoms with Gasteiger partial charge in [0.05, 0.1) is 17.1 Å². The van der Waals surface area contributed by atoms with Crippen LogP contribution in [0.15, 0.2) is 24.3 Å². The van der Waals surface area contributed by atoms with Crippen molar-refractivity contribution in [3.63, 3.8) is 0 Å². The Kier molecular flexibility index (Phi) is 3.99. The predicted molar refractivity (Wildman–Crippen MR) is 90.6 cm³/mol. The lowest BCUT2D eigenvalue weighted by Gasteiger charge is -2.19. The molecule has 25 heavy (non-hydrogen) atoms. The molecule has 2 aliphatic rings. The van der Waals surface area contributed by atoms with Crippen molar-refractivity contribution in [2.24, 2.45) is 5.92 Å². The zero-order valence-corrected chi connectivity index (χ0v) is 13.8. The van der Waals surface area contributed by atoms with Crippen LogP contribution in [0.5, 0.6) is 0 Å². The van der Waals surface area contributed by atoms with Crippen molar-refractivity contribution < 1.29 is 14.4 Å². The van der Waals surface area contributed by atoms with Gasteiger partial charge in [-0.15, -0.1) is 0 Å². The Labute approximate surface area is 144 Å². The molecule has 1 unspecified atom stereocenters. The molecule has 1 atom stereocenters. The Morgan fingerprint density at radius 3 is 2.80 bits per heavy atom. The van der Waals surface area contributed by atoms with Gasteiger partial charge >= 0.3 is 0 Å². The molecule has 2 fully saturated rings. The number of benzene rings is 1. The molecule has 1 saturated heterocycles. The molecule has 2 heterocycles. The fourth-order valence-corrected chi connectivity index (χ4v) is 3.26. The fraction of sp³-hybridized carbons (Fsp3) is 0.444. The van der Waals surface area contributed by atoms with Gasteiger partial charge in [-0.2, -0.15) is 5.10 Å². The molecule has 0 radical (unpaired) electrons. The molecule has 130 valence electrons. The molecule has 7 heteroatoms. The van der Waals surface area contributed by atoms with Crippen LogP contribution < -0.4 is 10.6 Å². The molecule has 1 aliphatic carbocycles. The van der Waals surface area contributed by atoms with E-state index in [0.717, 1.165) is 17.4 Å². The summed E-state index contributed by atoms with van der Waals surface area (Å²) < 4.78 is 1.65. The lowest BCUT2D eigenvalue weighted by molar-refractivity contribution is -0.134. The zero-order valence-electron chi connectivity index (χ0n) is 13.8. The van der Waals surface area contributed by atoms with Crippen LogP contribution in [-0.2, 0) is 20.9 Å². The summed E-state index contributed by atoms with van der Waals surface area (Å²) in [4.78, 5) is 35.8. The van der Waals surface area contributed by atoms with Crippen LogP contribution in [0.25, 0.3) is 10.9 Å². The summed E-state index contributed by atoms with van der Waals surface area (Å²) in [6.07, 6.45) is 3.12. The third-order valence-electron chi connectivity index (χ3n) is 4.83.